The highest BCUT2D eigenvalue weighted by atomic mass is 16.5. The molecule has 1 heterocycles. The van der Waals surface area contributed by atoms with E-state index in [1.54, 1.807) is 30.3 Å². The van der Waals surface area contributed by atoms with Gasteiger partial charge in [0.05, 0.1) is 27.5 Å². The maximum atomic E-state index is 13.2. The van der Waals surface area contributed by atoms with Gasteiger partial charge in [-0.1, -0.05) is 0 Å². The Kier molecular flexibility index (Phi) is 4.79. The maximum Gasteiger partial charge on any atom is 0.226 e. The molecule has 0 spiro atoms. The molecule has 0 aliphatic rings. The first-order chi connectivity index (χ1) is 12.6. The molecule has 0 saturated heterocycles. The molecule has 0 unspecified atom stereocenters. The average Bonchev–Trinajstić information content (AvgIpc) is 3.20. The van der Waals surface area contributed by atoms with Crippen LogP contribution in [-0.4, -0.2) is 32.1 Å². The minimum absolute atomic E-state index is 0.273. The van der Waals surface area contributed by atoms with Crippen molar-refractivity contribution in [1.82, 2.24) is 4.98 Å². The second-order valence-electron chi connectivity index (χ2n) is 5.39. The topological polar surface area (TPSA) is 96.8 Å². The number of nitrogen functional groups attached to an aromatic ring is 1. The minimum atomic E-state index is -0.273. The molecule has 0 aliphatic carbocycles. The normalized spacial score (nSPS) is 10.4. The fourth-order valence-corrected chi connectivity index (χ4v) is 2.66. The molecule has 2 N–H and O–H groups in total. The Balaban J connectivity index is 2.15. The van der Waals surface area contributed by atoms with Gasteiger partial charge < -0.3 is 24.4 Å². The molecule has 3 aromatic rings. The molecule has 7 heteroatoms. The number of nitrogens with zero attached hydrogens (tertiary/aromatic N) is 1. The van der Waals surface area contributed by atoms with Crippen LogP contribution >= 0.6 is 0 Å². The van der Waals surface area contributed by atoms with Crippen molar-refractivity contribution in [1.29, 1.82) is 0 Å². The summed E-state index contributed by atoms with van der Waals surface area (Å²) in [7, 11) is 4.48. The third-order valence-electron chi connectivity index (χ3n) is 3.88. The van der Waals surface area contributed by atoms with E-state index in [0.717, 1.165) is 0 Å². The van der Waals surface area contributed by atoms with Crippen LogP contribution in [0.25, 0.3) is 11.5 Å². The van der Waals surface area contributed by atoms with E-state index in [4.69, 9.17) is 24.4 Å². The van der Waals surface area contributed by atoms with Crippen molar-refractivity contribution >= 4 is 11.5 Å². The molecule has 0 saturated carbocycles. The highest BCUT2D eigenvalue weighted by Crippen LogP contribution is 2.39. The van der Waals surface area contributed by atoms with Gasteiger partial charge in [-0.15, -0.1) is 0 Å². The summed E-state index contributed by atoms with van der Waals surface area (Å²) in [5.74, 6) is 1.24. The van der Waals surface area contributed by atoms with Crippen molar-refractivity contribution in [3.8, 4) is 28.7 Å². The van der Waals surface area contributed by atoms with Crippen LogP contribution in [0.15, 0.2) is 47.2 Å². The average molecular weight is 354 g/mol. The number of ketones is 1. The zero-order valence-corrected chi connectivity index (χ0v) is 14.6. The second kappa shape index (κ2) is 7.18. The fraction of sp³-hybridized carbons (Fsp3) is 0.158. The van der Waals surface area contributed by atoms with E-state index in [2.05, 4.69) is 4.98 Å². The van der Waals surface area contributed by atoms with Gasteiger partial charge >= 0.3 is 0 Å². The molecular formula is C19H18N2O5. The molecule has 0 aliphatic heterocycles. The summed E-state index contributed by atoms with van der Waals surface area (Å²) in [6.45, 7) is 0. The Morgan fingerprint density at radius 1 is 1.04 bits per heavy atom. The lowest BCUT2D eigenvalue weighted by Crippen LogP contribution is -2.06. The molecule has 0 atom stereocenters. The van der Waals surface area contributed by atoms with Crippen molar-refractivity contribution in [3.05, 3.63) is 53.9 Å². The SMILES string of the molecule is COc1cc(C(=O)c2cc(N)ccc2-c2ncco2)cc(OC)c1OC. The molecular weight excluding hydrogens is 336 g/mol. The summed E-state index contributed by atoms with van der Waals surface area (Å²) in [5, 5.41) is 0. The number of benzene rings is 2. The van der Waals surface area contributed by atoms with Gasteiger partial charge in [-0.2, -0.15) is 0 Å². The second-order valence-corrected chi connectivity index (χ2v) is 5.39. The van der Waals surface area contributed by atoms with Crippen molar-refractivity contribution in [2.75, 3.05) is 27.1 Å². The number of aromatic nitrogens is 1. The predicted molar refractivity (Wildman–Crippen MR) is 95.9 cm³/mol. The molecule has 26 heavy (non-hydrogen) atoms. The number of oxazole rings is 1. The Bertz CT molecular complexity index is 910. The number of ether oxygens (including phenoxy) is 3. The number of hydrogen-bond acceptors (Lipinski definition) is 7. The number of rotatable bonds is 6. The summed E-state index contributed by atoms with van der Waals surface area (Å²) in [6.07, 6.45) is 2.96. The highest BCUT2D eigenvalue weighted by Gasteiger charge is 2.22. The van der Waals surface area contributed by atoms with Gasteiger partial charge in [0.25, 0.3) is 0 Å². The van der Waals surface area contributed by atoms with E-state index in [-0.39, 0.29) is 5.78 Å². The van der Waals surface area contributed by atoms with Crippen LogP contribution < -0.4 is 19.9 Å². The zero-order chi connectivity index (χ0) is 18.7. The van der Waals surface area contributed by atoms with Crippen LogP contribution in [0.4, 0.5) is 5.69 Å². The van der Waals surface area contributed by atoms with Gasteiger partial charge in [-0.25, -0.2) is 4.98 Å². The Morgan fingerprint density at radius 2 is 1.73 bits per heavy atom. The van der Waals surface area contributed by atoms with Gasteiger partial charge in [0.15, 0.2) is 17.3 Å². The van der Waals surface area contributed by atoms with Crippen LogP contribution in [0.1, 0.15) is 15.9 Å². The zero-order valence-electron chi connectivity index (χ0n) is 14.6. The molecule has 3 rings (SSSR count). The Labute approximate surface area is 150 Å². The summed E-state index contributed by atoms with van der Waals surface area (Å²) in [6, 6.07) is 8.15. The third-order valence-corrected chi connectivity index (χ3v) is 3.88. The smallest absolute Gasteiger partial charge is 0.226 e. The number of carbonyl (C=O) groups is 1. The Hall–Kier alpha value is -3.48. The molecule has 0 bridgehead atoms. The quantitative estimate of drug-likeness (QED) is 0.536. The molecule has 7 nitrogen and oxygen atoms in total. The van der Waals surface area contributed by atoms with Crippen molar-refractivity contribution in [2.45, 2.75) is 0 Å². The van der Waals surface area contributed by atoms with Gasteiger partial charge in [-0.3, -0.25) is 4.79 Å². The van der Waals surface area contributed by atoms with Crippen LogP contribution in [0.5, 0.6) is 17.2 Å². The monoisotopic (exact) mass is 354 g/mol. The molecule has 0 radical (unpaired) electrons. The van der Waals surface area contributed by atoms with Crippen molar-refractivity contribution in [3.63, 3.8) is 0 Å². The van der Waals surface area contributed by atoms with Crippen molar-refractivity contribution in [2.24, 2.45) is 0 Å². The van der Waals surface area contributed by atoms with Gasteiger partial charge in [0.1, 0.15) is 6.26 Å². The van der Waals surface area contributed by atoms with Crippen molar-refractivity contribution < 1.29 is 23.4 Å². The lowest BCUT2D eigenvalue weighted by molar-refractivity contribution is 0.103. The molecule has 0 amide bonds. The van der Waals surface area contributed by atoms with Crippen LogP contribution in [0.3, 0.4) is 0 Å². The third kappa shape index (κ3) is 3.06. The van der Waals surface area contributed by atoms with E-state index in [9.17, 15) is 4.79 Å². The van der Waals surface area contributed by atoms with E-state index in [1.165, 1.54) is 33.8 Å². The van der Waals surface area contributed by atoms with Crippen LogP contribution in [-0.2, 0) is 0 Å². The van der Waals surface area contributed by atoms with E-state index < -0.39 is 0 Å². The standard InChI is InChI=1S/C19H18N2O5/c1-23-15-8-11(9-16(24-2)18(15)25-3)17(22)14-10-12(20)4-5-13(14)19-21-6-7-26-19/h4-10H,20H2,1-3H3. The molecule has 2 aromatic carbocycles. The van der Waals surface area contributed by atoms with E-state index >= 15 is 0 Å². The summed E-state index contributed by atoms with van der Waals surface area (Å²) in [4.78, 5) is 17.3. The lowest BCUT2D eigenvalue weighted by Gasteiger charge is -2.14. The summed E-state index contributed by atoms with van der Waals surface area (Å²) in [5.41, 5.74) is 7.60. The number of hydrogen-bond donors (Lipinski definition) is 1. The number of carbonyl (C=O) groups excluding carboxylic acids is 1. The van der Waals surface area contributed by atoms with Gasteiger partial charge in [0, 0.05) is 22.4 Å². The molecule has 1 aromatic heterocycles. The van der Waals surface area contributed by atoms with E-state index in [0.29, 0.717) is 45.5 Å². The molecule has 0 fully saturated rings. The first-order valence-electron chi connectivity index (χ1n) is 7.73. The van der Waals surface area contributed by atoms with Gasteiger partial charge in [-0.05, 0) is 30.3 Å². The van der Waals surface area contributed by atoms with Gasteiger partial charge in [0.2, 0.25) is 11.6 Å². The number of methoxy groups -OCH3 is 3. The summed E-state index contributed by atoms with van der Waals surface area (Å²) >= 11 is 0. The number of anilines is 1. The Morgan fingerprint density at radius 3 is 2.27 bits per heavy atom. The van der Waals surface area contributed by atoms with Crippen LogP contribution in [0.2, 0.25) is 0 Å². The maximum absolute atomic E-state index is 13.2. The largest absolute Gasteiger partial charge is 0.493 e. The molecule has 134 valence electrons. The highest BCUT2D eigenvalue weighted by molar-refractivity contribution is 6.13. The van der Waals surface area contributed by atoms with E-state index in [1.807, 2.05) is 0 Å². The first kappa shape index (κ1) is 17.3. The lowest BCUT2D eigenvalue weighted by atomic mass is 9.97. The number of nitrogens with two attached hydrogens (primary N) is 1. The fourth-order valence-electron chi connectivity index (χ4n) is 2.66. The first-order valence-corrected chi connectivity index (χ1v) is 7.73. The predicted octanol–water partition coefficient (Wildman–Crippen LogP) is 3.18. The minimum Gasteiger partial charge on any atom is -0.493 e. The summed E-state index contributed by atoms with van der Waals surface area (Å²) < 4.78 is 21.3. The van der Waals surface area contributed by atoms with Crippen LogP contribution in [0, 0.1) is 0 Å².